The van der Waals surface area contributed by atoms with E-state index in [4.69, 9.17) is 4.74 Å². The average Bonchev–Trinajstić information content (AvgIpc) is 3.45. The van der Waals surface area contributed by atoms with Crippen LogP contribution in [-0.4, -0.2) is 29.8 Å². The van der Waals surface area contributed by atoms with Crippen LogP contribution in [0.1, 0.15) is 46.0 Å². The Labute approximate surface area is 146 Å². The number of amides is 1. The normalized spacial score (nSPS) is 14.4. The van der Waals surface area contributed by atoms with Crippen molar-refractivity contribution in [3.05, 3.63) is 71.3 Å². The van der Waals surface area contributed by atoms with Gasteiger partial charge in [0, 0.05) is 17.2 Å². The molecule has 0 aromatic heterocycles. The highest BCUT2D eigenvalue weighted by Gasteiger charge is 2.28. The lowest BCUT2D eigenvalue weighted by Gasteiger charge is -2.14. The van der Waals surface area contributed by atoms with E-state index in [1.165, 1.54) is 13.0 Å². The molecule has 3 rings (SSSR count). The number of carbonyl (C=O) groups is 3. The van der Waals surface area contributed by atoms with Crippen LogP contribution in [0.2, 0.25) is 0 Å². The molecule has 1 N–H and O–H groups in total. The monoisotopic (exact) mass is 337 g/mol. The highest BCUT2D eigenvalue weighted by atomic mass is 16.5. The van der Waals surface area contributed by atoms with Crippen LogP contribution in [0.4, 0.5) is 0 Å². The summed E-state index contributed by atoms with van der Waals surface area (Å²) in [6.45, 7) is 1.53. The molecule has 0 bridgehead atoms. The van der Waals surface area contributed by atoms with E-state index in [2.05, 4.69) is 5.32 Å². The van der Waals surface area contributed by atoms with Gasteiger partial charge in [-0.05, 0) is 25.8 Å². The lowest BCUT2D eigenvalue weighted by Crippen LogP contribution is -2.37. The van der Waals surface area contributed by atoms with Gasteiger partial charge in [0.2, 0.25) is 0 Å². The third-order valence-corrected chi connectivity index (χ3v) is 4.00. The van der Waals surface area contributed by atoms with Gasteiger partial charge in [-0.15, -0.1) is 0 Å². The van der Waals surface area contributed by atoms with E-state index in [9.17, 15) is 14.4 Å². The lowest BCUT2D eigenvalue weighted by molar-refractivity contribution is -0.129. The van der Waals surface area contributed by atoms with Gasteiger partial charge in [0.1, 0.15) is 0 Å². The fourth-order valence-electron chi connectivity index (χ4n) is 2.43. The van der Waals surface area contributed by atoms with Gasteiger partial charge in [0.05, 0.1) is 5.56 Å². The SMILES string of the molecule is CC(OC(=O)c1ccccc1C(=O)c1ccccc1)C(=O)NC1CC1. The van der Waals surface area contributed by atoms with Crippen molar-refractivity contribution < 1.29 is 19.1 Å². The van der Waals surface area contributed by atoms with Crippen molar-refractivity contribution in [3.8, 4) is 0 Å². The zero-order chi connectivity index (χ0) is 17.8. The minimum absolute atomic E-state index is 0.155. The van der Waals surface area contributed by atoms with Gasteiger partial charge in [-0.1, -0.05) is 48.5 Å². The molecule has 5 heteroatoms. The second-order valence-corrected chi connectivity index (χ2v) is 6.07. The molecule has 0 saturated heterocycles. The topological polar surface area (TPSA) is 72.5 Å². The molecular formula is C20H19NO4. The van der Waals surface area contributed by atoms with E-state index in [0.29, 0.717) is 5.56 Å². The predicted octanol–water partition coefficient (Wildman–Crippen LogP) is 2.74. The molecular weight excluding hydrogens is 318 g/mol. The summed E-state index contributed by atoms with van der Waals surface area (Å²) in [7, 11) is 0. The third-order valence-electron chi connectivity index (χ3n) is 4.00. The molecule has 0 spiro atoms. The highest BCUT2D eigenvalue weighted by molar-refractivity contribution is 6.14. The highest BCUT2D eigenvalue weighted by Crippen LogP contribution is 2.19. The number of rotatable bonds is 6. The number of esters is 1. The molecule has 1 fully saturated rings. The molecule has 0 heterocycles. The average molecular weight is 337 g/mol. The number of benzene rings is 2. The van der Waals surface area contributed by atoms with Crippen LogP contribution in [0.15, 0.2) is 54.6 Å². The van der Waals surface area contributed by atoms with Crippen molar-refractivity contribution in [2.24, 2.45) is 0 Å². The molecule has 1 atom stereocenters. The van der Waals surface area contributed by atoms with Crippen LogP contribution in [-0.2, 0) is 9.53 Å². The summed E-state index contributed by atoms with van der Waals surface area (Å²) in [5, 5.41) is 2.79. The molecule has 2 aromatic carbocycles. The molecule has 0 radical (unpaired) electrons. The maximum absolute atomic E-state index is 12.7. The Bertz CT molecular complexity index is 796. The van der Waals surface area contributed by atoms with Crippen LogP contribution >= 0.6 is 0 Å². The molecule has 2 aromatic rings. The van der Waals surface area contributed by atoms with E-state index in [1.807, 2.05) is 6.07 Å². The van der Waals surface area contributed by atoms with Crippen molar-refractivity contribution in [2.45, 2.75) is 31.9 Å². The summed E-state index contributed by atoms with van der Waals surface area (Å²) in [5.74, 6) is -1.26. The van der Waals surface area contributed by atoms with Crippen LogP contribution in [0.25, 0.3) is 0 Å². The van der Waals surface area contributed by atoms with E-state index >= 15 is 0 Å². The first-order valence-electron chi connectivity index (χ1n) is 8.26. The van der Waals surface area contributed by atoms with E-state index in [-0.39, 0.29) is 28.9 Å². The van der Waals surface area contributed by atoms with Crippen LogP contribution in [0.3, 0.4) is 0 Å². The van der Waals surface area contributed by atoms with E-state index in [0.717, 1.165) is 12.8 Å². The molecule has 1 amide bonds. The standard InChI is InChI=1S/C20H19NO4/c1-13(19(23)21-15-11-12-15)25-20(24)17-10-6-5-9-16(17)18(22)14-7-3-2-4-8-14/h2-10,13,15H,11-12H2,1H3,(H,21,23). The van der Waals surface area contributed by atoms with Crippen LogP contribution < -0.4 is 5.32 Å². The number of hydrogen-bond donors (Lipinski definition) is 1. The number of carbonyl (C=O) groups excluding carboxylic acids is 3. The summed E-state index contributed by atoms with van der Waals surface area (Å²) in [5.41, 5.74) is 0.901. The van der Waals surface area contributed by atoms with Gasteiger partial charge >= 0.3 is 5.97 Å². The molecule has 0 aliphatic heterocycles. The fraction of sp³-hybridized carbons (Fsp3) is 0.250. The summed E-state index contributed by atoms with van der Waals surface area (Å²) < 4.78 is 5.25. The fourth-order valence-corrected chi connectivity index (χ4v) is 2.43. The smallest absolute Gasteiger partial charge is 0.339 e. The summed E-state index contributed by atoms with van der Waals surface area (Å²) >= 11 is 0. The molecule has 1 unspecified atom stereocenters. The molecule has 25 heavy (non-hydrogen) atoms. The van der Waals surface area contributed by atoms with Crippen molar-refractivity contribution in [1.82, 2.24) is 5.32 Å². The first-order valence-corrected chi connectivity index (χ1v) is 8.26. The zero-order valence-electron chi connectivity index (χ0n) is 13.9. The quantitative estimate of drug-likeness (QED) is 0.650. The van der Waals surface area contributed by atoms with Crippen molar-refractivity contribution >= 4 is 17.7 Å². The molecule has 1 saturated carbocycles. The Morgan fingerprint density at radius 3 is 2.20 bits per heavy atom. The Hall–Kier alpha value is -2.95. The Morgan fingerprint density at radius 2 is 1.56 bits per heavy atom. The van der Waals surface area contributed by atoms with E-state index < -0.39 is 12.1 Å². The third kappa shape index (κ3) is 4.12. The summed E-state index contributed by atoms with van der Waals surface area (Å²) in [6, 6.07) is 15.4. The van der Waals surface area contributed by atoms with Crippen molar-refractivity contribution in [2.75, 3.05) is 0 Å². The Morgan fingerprint density at radius 1 is 0.960 bits per heavy atom. The second-order valence-electron chi connectivity index (χ2n) is 6.07. The zero-order valence-corrected chi connectivity index (χ0v) is 13.9. The van der Waals surface area contributed by atoms with Crippen molar-refractivity contribution in [1.29, 1.82) is 0 Å². The second kappa shape index (κ2) is 7.30. The van der Waals surface area contributed by atoms with Crippen LogP contribution in [0.5, 0.6) is 0 Å². The van der Waals surface area contributed by atoms with Gasteiger partial charge in [-0.2, -0.15) is 0 Å². The summed E-state index contributed by atoms with van der Waals surface area (Å²) in [6.07, 6.45) is 1.01. The largest absolute Gasteiger partial charge is 0.449 e. The van der Waals surface area contributed by atoms with Gasteiger partial charge < -0.3 is 10.1 Å². The first kappa shape index (κ1) is 16.9. The van der Waals surface area contributed by atoms with Crippen LogP contribution in [0, 0.1) is 0 Å². The molecule has 5 nitrogen and oxygen atoms in total. The first-order chi connectivity index (χ1) is 12.1. The number of ketones is 1. The van der Waals surface area contributed by atoms with Gasteiger partial charge in [0.25, 0.3) is 5.91 Å². The van der Waals surface area contributed by atoms with Gasteiger partial charge in [-0.25, -0.2) is 4.79 Å². The maximum Gasteiger partial charge on any atom is 0.339 e. The minimum atomic E-state index is -0.909. The lowest BCUT2D eigenvalue weighted by atomic mass is 9.98. The number of ether oxygens (including phenoxy) is 1. The molecule has 1 aliphatic carbocycles. The Kier molecular flexibility index (Phi) is 4.93. The van der Waals surface area contributed by atoms with Crippen molar-refractivity contribution in [3.63, 3.8) is 0 Å². The molecule has 1 aliphatic rings. The molecule has 128 valence electrons. The number of hydrogen-bond acceptors (Lipinski definition) is 4. The van der Waals surface area contributed by atoms with E-state index in [1.54, 1.807) is 42.5 Å². The maximum atomic E-state index is 12.7. The number of nitrogens with one attached hydrogen (secondary N) is 1. The van der Waals surface area contributed by atoms with Gasteiger partial charge in [0.15, 0.2) is 11.9 Å². The predicted molar refractivity (Wildman–Crippen MR) is 92.4 cm³/mol. The summed E-state index contributed by atoms with van der Waals surface area (Å²) in [4.78, 5) is 37.1. The van der Waals surface area contributed by atoms with Gasteiger partial charge in [-0.3, -0.25) is 9.59 Å². The Balaban J connectivity index is 1.76. The minimum Gasteiger partial charge on any atom is -0.449 e.